The molecule has 6 heteroatoms. The molecule has 6 nitrogen and oxygen atoms in total. The lowest BCUT2D eigenvalue weighted by Crippen LogP contribution is -2.37. The Hall–Kier alpha value is -3.12. The van der Waals surface area contributed by atoms with Crippen molar-refractivity contribution in [1.29, 1.82) is 0 Å². The molecule has 1 atom stereocenters. The van der Waals surface area contributed by atoms with Crippen LogP contribution in [0.25, 0.3) is 5.69 Å². The Balaban J connectivity index is 1.58. The molecular weight excluding hydrogens is 388 g/mol. The van der Waals surface area contributed by atoms with Gasteiger partial charge in [0.2, 0.25) is 0 Å². The monoisotopic (exact) mass is 418 g/mol. The van der Waals surface area contributed by atoms with Gasteiger partial charge in [0, 0.05) is 45.2 Å². The number of ether oxygens (including phenoxy) is 1. The largest absolute Gasteiger partial charge is 0.378 e. The third-order valence-corrected chi connectivity index (χ3v) is 5.67. The van der Waals surface area contributed by atoms with Crippen LogP contribution < -0.4 is 4.90 Å². The molecule has 0 aliphatic carbocycles. The van der Waals surface area contributed by atoms with E-state index in [1.807, 2.05) is 67.0 Å². The molecule has 1 aromatic heterocycles. The predicted octanol–water partition coefficient (Wildman–Crippen LogP) is 4.07. The van der Waals surface area contributed by atoms with Gasteiger partial charge in [0.05, 0.1) is 11.8 Å². The number of para-hydroxylation sites is 1. The van der Waals surface area contributed by atoms with Gasteiger partial charge in [0.15, 0.2) is 5.69 Å². The SMILES string of the molecule is Cc1cc(C(=O)N(Cc2ccc(N(C)C)cc2)CC2CCCO2)nn1-c1ccccc1. The molecule has 1 fully saturated rings. The Morgan fingerprint density at radius 1 is 1.13 bits per heavy atom. The van der Waals surface area contributed by atoms with Crippen LogP contribution in [0.1, 0.15) is 34.6 Å². The average Bonchev–Trinajstić information content (AvgIpc) is 3.43. The highest BCUT2D eigenvalue weighted by Crippen LogP contribution is 2.20. The second-order valence-electron chi connectivity index (χ2n) is 8.30. The first-order chi connectivity index (χ1) is 15.0. The number of nitrogens with zero attached hydrogens (tertiary/aromatic N) is 4. The Kier molecular flexibility index (Phi) is 6.37. The normalized spacial score (nSPS) is 15.8. The number of amides is 1. The van der Waals surface area contributed by atoms with Gasteiger partial charge in [-0.05, 0) is 55.7 Å². The van der Waals surface area contributed by atoms with Crippen molar-refractivity contribution in [2.45, 2.75) is 32.4 Å². The van der Waals surface area contributed by atoms with Crippen molar-refractivity contribution in [1.82, 2.24) is 14.7 Å². The number of rotatable bonds is 7. The fraction of sp³-hybridized carbons (Fsp3) is 0.360. The molecule has 0 spiro atoms. The minimum absolute atomic E-state index is 0.0648. The van der Waals surface area contributed by atoms with Crippen LogP contribution in [-0.2, 0) is 11.3 Å². The Bertz CT molecular complexity index is 1010. The van der Waals surface area contributed by atoms with Crippen LogP contribution in [0.3, 0.4) is 0 Å². The molecule has 1 saturated heterocycles. The van der Waals surface area contributed by atoms with Gasteiger partial charge < -0.3 is 14.5 Å². The van der Waals surface area contributed by atoms with Gasteiger partial charge in [0.25, 0.3) is 5.91 Å². The lowest BCUT2D eigenvalue weighted by molar-refractivity contribution is 0.0502. The van der Waals surface area contributed by atoms with Gasteiger partial charge in [-0.15, -0.1) is 0 Å². The lowest BCUT2D eigenvalue weighted by Gasteiger charge is -2.25. The number of hydrogen-bond donors (Lipinski definition) is 0. The van der Waals surface area contributed by atoms with Crippen molar-refractivity contribution < 1.29 is 9.53 Å². The highest BCUT2D eigenvalue weighted by molar-refractivity contribution is 5.92. The number of aromatic nitrogens is 2. The number of carbonyl (C=O) groups is 1. The quantitative estimate of drug-likeness (QED) is 0.580. The van der Waals surface area contributed by atoms with E-state index in [4.69, 9.17) is 4.74 Å². The number of hydrogen-bond acceptors (Lipinski definition) is 4. The summed E-state index contributed by atoms with van der Waals surface area (Å²) >= 11 is 0. The summed E-state index contributed by atoms with van der Waals surface area (Å²) in [5.41, 5.74) is 4.57. The average molecular weight is 419 g/mol. The van der Waals surface area contributed by atoms with E-state index in [9.17, 15) is 4.79 Å². The highest BCUT2D eigenvalue weighted by atomic mass is 16.5. The van der Waals surface area contributed by atoms with Crippen LogP contribution in [0.4, 0.5) is 5.69 Å². The molecule has 0 N–H and O–H groups in total. The molecule has 1 amide bonds. The number of benzene rings is 2. The summed E-state index contributed by atoms with van der Waals surface area (Å²) in [6.45, 7) is 3.85. The summed E-state index contributed by atoms with van der Waals surface area (Å²) in [4.78, 5) is 17.4. The second-order valence-corrected chi connectivity index (χ2v) is 8.30. The maximum absolute atomic E-state index is 13.5. The van der Waals surface area contributed by atoms with Crippen LogP contribution in [0.15, 0.2) is 60.7 Å². The molecule has 4 rings (SSSR count). The zero-order chi connectivity index (χ0) is 21.8. The van der Waals surface area contributed by atoms with Gasteiger partial charge in [-0.2, -0.15) is 5.10 Å². The Labute approximate surface area is 184 Å². The third kappa shape index (κ3) is 4.97. The standard InChI is InChI=1S/C25H30N4O2/c1-19-16-24(26-29(19)22-8-5-4-6-9-22)25(30)28(18-23-10-7-15-31-23)17-20-11-13-21(14-12-20)27(2)3/h4-6,8-9,11-14,16,23H,7,10,15,17-18H2,1-3H3. The Morgan fingerprint density at radius 2 is 1.87 bits per heavy atom. The first-order valence-corrected chi connectivity index (χ1v) is 10.8. The number of anilines is 1. The van der Waals surface area contributed by atoms with Gasteiger partial charge in [-0.3, -0.25) is 4.79 Å². The zero-order valence-electron chi connectivity index (χ0n) is 18.5. The van der Waals surface area contributed by atoms with Crippen molar-refractivity contribution in [2.24, 2.45) is 0 Å². The van der Waals surface area contributed by atoms with Crippen molar-refractivity contribution in [3.8, 4) is 5.69 Å². The lowest BCUT2D eigenvalue weighted by atomic mass is 10.1. The molecule has 0 bridgehead atoms. The van der Waals surface area contributed by atoms with Crippen molar-refractivity contribution in [3.05, 3.63) is 77.6 Å². The van der Waals surface area contributed by atoms with E-state index in [2.05, 4.69) is 34.3 Å². The molecule has 2 heterocycles. The fourth-order valence-electron chi connectivity index (χ4n) is 3.94. The van der Waals surface area contributed by atoms with Crippen molar-refractivity contribution in [3.63, 3.8) is 0 Å². The number of aryl methyl sites for hydroxylation is 1. The van der Waals surface area contributed by atoms with Crippen molar-refractivity contribution >= 4 is 11.6 Å². The molecule has 1 aliphatic rings. The molecular formula is C25H30N4O2. The van der Waals surface area contributed by atoms with Crippen LogP contribution in [-0.4, -0.2) is 53.9 Å². The van der Waals surface area contributed by atoms with E-state index in [-0.39, 0.29) is 12.0 Å². The molecule has 31 heavy (non-hydrogen) atoms. The van der Waals surface area contributed by atoms with Gasteiger partial charge in [-0.1, -0.05) is 30.3 Å². The topological polar surface area (TPSA) is 50.6 Å². The van der Waals surface area contributed by atoms with E-state index in [1.54, 1.807) is 0 Å². The number of carbonyl (C=O) groups excluding carboxylic acids is 1. The maximum atomic E-state index is 13.5. The van der Waals surface area contributed by atoms with Crippen LogP contribution in [0.5, 0.6) is 0 Å². The van der Waals surface area contributed by atoms with Crippen LogP contribution >= 0.6 is 0 Å². The minimum atomic E-state index is -0.0648. The molecule has 1 unspecified atom stereocenters. The molecule has 3 aromatic rings. The van der Waals surface area contributed by atoms with E-state index < -0.39 is 0 Å². The van der Waals surface area contributed by atoms with Gasteiger partial charge in [0.1, 0.15) is 0 Å². The van der Waals surface area contributed by atoms with Crippen LogP contribution in [0.2, 0.25) is 0 Å². The molecule has 0 saturated carbocycles. The molecule has 0 radical (unpaired) electrons. The highest BCUT2D eigenvalue weighted by Gasteiger charge is 2.25. The van der Waals surface area contributed by atoms with E-state index in [0.29, 0.717) is 18.8 Å². The fourth-order valence-corrected chi connectivity index (χ4v) is 3.94. The first-order valence-electron chi connectivity index (χ1n) is 10.8. The summed E-state index contributed by atoms with van der Waals surface area (Å²) in [5, 5.41) is 4.63. The first kappa shape index (κ1) is 21.1. The smallest absolute Gasteiger partial charge is 0.274 e. The third-order valence-electron chi connectivity index (χ3n) is 5.67. The van der Waals surface area contributed by atoms with E-state index >= 15 is 0 Å². The summed E-state index contributed by atoms with van der Waals surface area (Å²) < 4.78 is 7.65. The minimum Gasteiger partial charge on any atom is -0.378 e. The summed E-state index contributed by atoms with van der Waals surface area (Å²) in [6.07, 6.45) is 2.12. The summed E-state index contributed by atoms with van der Waals surface area (Å²) in [5.74, 6) is -0.0648. The van der Waals surface area contributed by atoms with Crippen molar-refractivity contribution in [2.75, 3.05) is 32.1 Å². The zero-order valence-corrected chi connectivity index (χ0v) is 18.5. The molecule has 1 aliphatic heterocycles. The molecule has 2 aromatic carbocycles. The van der Waals surface area contributed by atoms with Gasteiger partial charge >= 0.3 is 0 Å². The van der Waals surface area contributed by atoms with E-state index in [1.165, 1.54) is 0 Å². The Morgan fingerprint density at radius 3 is 2.52 bits per heavy atom. The van der Waals surface area contributed by atoms with Crippen LogP contribution in [0, 0.1) is 6.92 Å². The van der Waals surface area contributed by atoms with E-state index in [0.717, 1.165) is 42.1 Å². The summed E-state index contributed by atoms with van der Waals surface area (Å²) in [6, 6.07) is 20.1. The second kappa shape index (κ2) is 9.35. The molecule has 162 valence electrons. The predicted molar refractivity (Wildman–Crippen MR) is 123 cm³/mol. The maximum Gasteiger partial charge on any atom is 0.274 e. The van der Waals surface area contributed by atoms with Gasteiger partial charge in [-0.25, -0.2) is 4.68 Å². The summed E-state index contributed by atoms with van der Waals surface area (Å²) in [7, 11) is 4.04.